The number of rotatable bonds is 15. The molecule has 0 radical (unpaired) electrons. The first-order valence-electron chi connectivity index (χ1n) is 8.03. The third-order valence-electron chi connectivity index (χ3n) is 3.26. The van der Waals surface area contributed by atoms with Crippen LogP contribution in [0.2, 0.25) is 0 Å². The molecular formula is C15H35N3. The Labute approximate surface area is 114 Å². The summed E-state index contributed by atoms with van der Waals surface area (Å²) < 4.78 is 0. The Bertz CT molecular complexity index is 124. The lowest BCUT2D eigenvalue weighted by atomic mass is 10.1. The zero-order valence-electron chi connectivity index (χ0n) is 12.5. The van der Waals surface area contributed by atoms with Crippen molar-refractivity contribution in [1.82, 2.24) is 10.6 Å². The third kappa shape index (κ3) is 15.9. The van der Waals surface area contributed by atoms with Crippen LogP contribution < -0.4 is 16.4 Å². The van der Waals surface area contributed by atoms with Gasteiger partial charge in [0.2, 0.25) is 0 Å². The highest BCUT2D eigenvalue weighted by Crippen LogP contribution is 2.08. The largest absolute Gasteiger partial charge is 0.329 e. The summed E-state index contributed by atoms with van der Waals surface area (Å²) in [6, 6.07) is 0. The normalized spacial score (nSPS) is 11.0. The Balaban J connectivity index is 2.86. The molecule has 0 unspecified atom stereocenters. The van der Waals surface area contributed by atoms with E-state index in [-0.39, 0.29) is 0 Å². The second-order valence-electron chi connectivity index (χ2n) is 5.12. The molecule has 0 saturated heterocycles. The number of hydrogen-bond acceptors (Lipinski definition) is 3. The van der Waals surface area contributed by atoms with Crippen molar-refractivity contribution >= 4 is 0 Å². The van der Waals surface area contributed by atoms with Crippen LogP contribution in [0.1, 0.15) is 64.7 Å². The average Bonchev–Trinajstić information content (AvgIpc) is 2.39. The van der Waals surface area contributed by atoms with E-state index in [2.05, 4.69) is 17.6 Å². The molecule has 0 saturated carbocycles. The minimum Gasteiger partial charge on any atom is -0.329 e. The molecule has 3 nitrogen and oxygen atoms in total. The van der Waals surface area contributed by atoms with Crippen molar-refractivity contribution in [3.8, 4) is 0 Å². The quantitative estimate of drug-likeness (QED) is 0.395. The van der Waals surface area contributed by atoms with E-state index in [0.29, 0.717) is 0 Å². The molecule has 4 N–H and O–H groups in total. The number of nitrogens with two attached hydrogens (primary N) is 1. The van der Waals surface area contributed by atoms with Crippen molar-refractivity contribution in [2.45, 2.75) is 64.7 Å². The summed E-state index contributed by atoms with van der Waals surface area (Å²) in [5.41, 5.74) is 5.39. The van der Waals surface area contributed by atoms with Crippen LogP contribution in [-0.4, -0.2) is 32.7 Å². The van der Waals surface area contributed by atoms with Crippen molar-refractivity contribution in [1.29, 1.82) is 0 Å². The summed E-state index contributed by atoms with van der Waals surface area (Å²) >= 11 is 0. The van der Waals surface area contributed by atoms with Gasteiger partial charge in [0.1, 0.15) is 0 Å². The summed E-state index contributed by atoms with van der Waals surface area (Å²) in [6.45, 7) is 7.21. The summed E-state index contributed by atoms with van der Waals surface area (Å²) in [5.74, 6) is 0. The van der Waals surface area contributed by atoms with Gasteiger partial charge in [-0.2, -0.15) is 0 Å². The van der Waals surface area contributed by atoms with Crippen molar-refractivity contribution in [3.05, 3.63) is 0 Å². The number of unbranched alkanes of at least 4 members (excludes halogenated alkanes) is 8. The van der Waals surface area contributed by atoms with Crippen molar-refractivity contribution in [2.75, 3.05) is 32.7 Å². The van der Waals surface area contributed by atoms with E-state index in [9.17, 15) is 0 Å². The van der Waals surface area contributed by atoms with Crippen LogP contribution in [0.4, 0.5) is 0 Å². The standard InChI is InChI=1S/C15H35N3/c1-2-3-4-5-6-7-8-9-10-12-17-14-15-18-13-11-16/h17-18H,2-16H2,1H3. The SMILES string of the molecule is CCCCCCCCCCCNCCNCCN. The van der Waals surface area contributed by atoms with E-state index in [1.165, 1.54) is 64.3 Å². The third-order valence-corrected chi connectivity index (χ3v) is 3.26. The monoisotopic (exact) mass is 257 g/mol. The molecular weight excluding hydrogens is 222 g/mol. The Kier molecular flexibility index (Phi) is 16.8. The van der Waals surface area contributed by atoms with Gasteiger partial charge in [-0.3, -0.25) is 0 Å². The molecule has 0 aromatic heterocycles. The molecule has 0 aromatic rings. The fourth-order valence-corrected chi connectivity index (χ4v) is 2.09. The molecule has 0 aliphatic rings. The molecule has 0 spiro atoms. The average molecular weight is 257 g/mol. The highest BCUT2D eigenvalue weighted by molar-refractivity contribution is 4.53. The fourth-order valence-electron chi connectivity index (χ4n) is 2.09. The second-order valence-corrected chi connectivity index (χ2v) is 5.12. The number of nitrogens with one attached hydrogen (secondary N) is 2. The van der Waals surface area contributed by atoms with E-state index in [1.807, 2.05) is 0 Å². The van der Waals surface area contributed by atoms with Gasteiger partial charge in [0.25, 0.3) is 0 Å². The predicted molar refractivity (Wildman–Crippen MR) is 82.0 cm³/mol. The van der Waals surface area contributed by atoms with Gasteiger partial charge in [0, 0.05) is 26.2 Å². The first-order valence-corrected chi connectivity index (χ1v) is 8.03. The van der Waals surface area contributed by atoms with E-state index < -0.39 is 0 Å². The number of hydrogen-bond donors (Lipinski definition) is 3. The van der Waals surface area contributed by atoms with Crippen LogP contribution in [0, 0.1) is 0 Å². The summed E-state index contributed by atoms with van der Waals surface area (Å²) in [5, 5.41) is 6.74. The summed E-state index contributed by atoms with van der Waals surface area (Å²) in [6.07, 6.45) is 12.7. The molecule has 0 heterocycles. The van der Waals surface area contributed by atoms with E-state index in [4.69, 9.17) is 5.73 Å². The maximum absolute atomic E-state index is 5.39. The molecule has 0 aliphatic heterocycles. The van der Waals surface area contributed by atoms with Crippen molar-refractivity contribution < 1.29 is 0 Å². The van der Waals surface area contributed by atoms with Crippen LogP contribution in [0.15, 0.2) is 0 Å². The zero-order valence-corrected chi connectivity index (χ0v) is 12.5. The maximum Gasteiger partial charge on any atom is 0.00772 e. The molecule has 0 aliphatic carbocycles. The fraction of sp³-hybridized carbons (Fsp3) is 1.00. The molecule has 0 atom stereocenters. The zero-order chi connectivity index (χ0) is 13.3. The minimum absolute atomic E-state index is 0.734. The van der Waals surface area contributed by atoms with E-state index >= 15 is 0 Å². The lowest BCUT2D eigenvalue weighted by Crippen LogP contribution is -2.31. The summed E-state index contributed by atoms with van der Waals surface area (Å²) in [4.78, 5) is 0. The molecule has 0 bridgehead atoms. The van der Waals surface area contributed by atoms with Crippen LogP contribution >= 0.6 is 0 Å². The Morgan fingerprint density at radius 3 is 1.67 bits per heavy atom. The van der Waals surface area contributed by atoms with Crippen LogP contribution in [0.3, 0.4) is 0 Å². The molecule has 0 fully saturated rings. The molecule has 18 heavy (non-hydrogen) atoms. The van der Waals surface area contributed by atoms with E-state index in [1.54, 1.807) is 0 Å². The van der Waals surface area contributed by atoms with Crippen molar-refractivity contribution in [2.24, 2.45) is 5.73 Å². The highest BCUT2D eigenvalue weighted by atomic mass is 14.9. The molecule has 3 heteroatoms. The minimum atomic E-state index is 0.734. The predicted octanol–water partition coefficient (Wildman–Crippen LogP) is 2.66. The van der Waals surface area contributed by atoms with Crippen molar-refractivity contribution in [3.63, 3.8) is 0 Å². The Morgan fingerprint density at radius 2 is 1.11 bits per heavy atom. The Hall–Kier alpha value is -0.120. The molecule has 0 amide bonds. The van der Waals surface area contributed by atoms with Crippen LogP contribution in [0.5, 0.6) is 0 Å². The lowest BCUT2D eigenvalue weighted by Gasteiger charge is -2.05. The smallest absolute Gasteiger partial charge is 0.00772 e. The maximum atomic E-state index is 5.39. The first kappa shape index (κ1) is 17.9. The van der Waals surface area contributed by atoms with Gasteiger partial charge in [-0.15, -0.1) is 0 Å². The van der Waals surface area contributed by atoms with Gasteiger partial charge < -0.3 is 16.4 Å². The molecule has 110 valence electrons. The van der Waals surface area contributed by atoms with Crippen LogP contribution in [-0.2, 0) is 0 Å². The first-order chi connectivity index (χ1) is 8.91. The highest BCUT2D eigenvalue weighted by Gasteiger charge is 1.92. The molecule has 0 aromatic carbocycles. The van der Waals surface area contributed by atoms with Crippen LogP contribution in [0.25, 0.3) is 0 Å². The lowest BCUT2D eigenvalue weighted by molar-refractivity contribution is 0.543. The Morgan fingerprint density at radius 1 is 0.611 bits per heavy atom. The topological polar surface area (TPSA) is 50.1 Å². The van der Waals surface area contributed by atoms with Gasteiger partial charge in [-0.1, -0.05) is 58.3 Å². The van der Waals surface area contributed by atoms with E-state index in [0.717, 1.165) is 26.2 Å². The summed E-state index contributed by atoms with van der Waals surface area (Å²) in [7, 11) is 0. The van der Waals surface area contributed by atoms with Gasteiger partial charge in [0.15, 0.2) is 0 Å². The van der Waals surface area contributed by atoms with Gasteiger partial charge in [-0.05, 0) is 13.0 Å². The van der Waals surface area contributed by atoms with Gasteiger partial charge in [-0.25, -0.2) is 0 Å². The second kappa shape index (κ2) is 16.9. The van der Waals surface area contributed by atoms with Gasteiger partial charge in [0.05, 0.1) is 0 Å². The molecule has 0 rings (SSSR count). The van der Waals surface area contributed by atoms with Gasteiger partial charge >= 0.3 is 0 Å².